The average Bonchev–Trinajstić information content (AvgIpc) is 3.06. The molecule has 0 amide bonds. The number of morpholine rings is 1. The van der Waals surface area contributed by atoms with E-state index < -0.39 is 0 Å². The van der Waals surface area contributed by atoms with E-state index in [1.165, 1.54) is 23.5 Å². The maximum absolute atomic E-state index is 5.76. The van der Waals surface area contributed by atoms with Crippen LogP contribution < -0.4 is 5.32 Å². The maximum atomic E-state index is 5.76. The third-order valence-corrected chi connectivity index (χ3v) is 4.50. The Bertz CT molecular complexity index is 409. The number of nitrogens with zero attached hydrogens (tertiary/aromatic N) is 2. The minimum atomic E-state index is 0.332. The van der Waals surface area contributed by atoms with Gasteiger partial charge in [-0.05, 0) is 26.7 Å². The molecule has 0 spiro atoms. The van der Waals surface area contributed by atoms with Crippen LogP contribution in [0.25, 0.3) is 0 Å². The number of nitrogens with one attached hydrogen (secondary N) is 1. The fourth-order valence-electron chi connectivity index (χ4n) is 2.66. The van der Waals surface area contributed by atoms with Gasteiger partial charge in [0.25, 0.3) is 0 Å². The van der Waals surface area contributed by atoms with Crippen LogP contribution in [0, 0.1) is 0 Å². The van der Waals surface area contributed by atoms with Gasteiger partial charge in [0.05, 0.1) is 17.9 Å². The number of rotatable bonds is 5. The standard InChI is InChI=1S/C14H23N3OS/c1-10-6-17(7-11(2)18-10)8-13-9-19-14(16-13)5-15-12-3-4-12/h9-12,15H,3-8H2,1-2H3/t10-,11+. The summed E-state index contributed by atoms with van der Waals surface area (Å²) in [6.45, 7) is 8.21. The second kappa shape index (κ2) is 5.87. The summed E-state index contributed by atoms with van der Waals surface area (Å²) in [6.07, 6.45) is 3.33. The van der Waals surface area contributed by atoms with Gasteiger partial charge in [-0.15, -0.1) is 11.3 Å². The van der Waals surface area contributed by atoms with Crippen molar-refractivity contribution >= 4 is 11.3 Å². The number of ether oxygens (including phenoxy) is 1. The highest BCUT2D eigenvalue weighted by Gasteiger charge is 2.23. The number of hydrogen-bond donors (Lipinski definition) is 1. The predicted molar refractivity (Wildman–Crippen MR) is 77.3 cm³/mol. The molecule has 1 aliphatic carbocycles. The molecule has 3 rings (SSSR count). The van der Waals surface area contributed by atoms with Gasteiger partial charge in [-0.2, -0.15) is 0 Å². The lowest BCUT2D eigenvalue weighted by molar-refractivity contribution is -0.0707. The Morgan fingerprint density at radius 1 is 1.37 bits per heavy atom. The minimum Gasteiger partial charge on any atom is -0.373 e. The van der Waals surface area contributed by atoms with Crippen LogP contribution in [0.4, 0.5) is 0 Å². The van der Waals surface area contributed by atoms with E-state index in [0.29, 0.717) is 12.2 Å². The van der Waals surface area contributed by atoms with Crippen molar-refractivity contribution in [2.45, 2.75) is 58.0 Å². The third kappa shape index (κ3) is 3.99. The van der Waals surface area contributed by atoms with Gasteiger partial charge in [-0.3, -0.25) is 4.90 Å². The summed E-state index contributed by atoms with van der Waals surface area (Å²) < 4.78 is 5.76. The first-order valence-electron chi connectivity index (χ1n) is 7.23. The second-order valence-electron chi connectivity index (χ2n) is 5.84. The fraction of sp³-hybridized carbons (Fsp3) is 0.786. The Kier molecular flexibility index (Phi) is 4.17. The predicted octanol–water partition coefficient (Wildman–Crippen LogP) is 2.00. The van der Waals surface area contributed by atoms with Crippen molar-refractivity contribution in [3.63, 3.8) is 0 Å². The highest BCUT2D eigenvalue weighted by atomic mass is 32.1. The minimum absolute atomic E-state index is 0.332. The van der Waals surface area contributed by atoms with E-state index in [1.807, 2.05) is 0 Å². The van der Waals surface area contributed by atoms with E-state index >= 15 is 0 Å². The third-order valence-electron chi connectivity index (χ3n) is 3.60. The molecule has 4 nitrogen and oxygen atoms in total. The van der Waals surface area contributed by atoms with E-state index in [1.54, 1.807) is 11.3 Å². The Hall–Kier alpha value is -0.490. The first kappa shape index (κ1) is 13.5. The zero-order chi connectivity index (χ0) is 13.2. The molecule has 1 aromatic rings. The monoisotopic (exact) mass is 281 g/mol. The van der Waals surface area contributed by atoms with Crippen LogP contribution in [-0.2, 0) is 17.8 Å². The van der Waals surface area contributed by atoms with Crippen molar-refractivity contribution in [3.8, 4) is 0 Å². The lowest BCUT2D eigenvalue weighted by Crippen LogP contribution is -2.44. The average molecular weight is 281 g/mol. The van der Waals surface area contributed by atoms with Gasteiger partial charge >= 0.3 is 0 Å². The molecule has 19 heavy (non-hydrogen) atoms. The molecule has 2 fully saturated rings. The van der Waals surface area contributed by atoms with E-state index in [2.05, 4.69) is 29.4 Å². The Morgan fingerprint density at radius 3 is 2.79 bits per heavy atom. The second-order valence-corrected chi connectivity index (χ2v) is 6.78. The van der Waals surface area contributed by atoms with Crippen molar-refractivity contribution < 1.29 is 4.74 Å². The molecule has 2 aliphatic rings. The zero-order valence-electron chi connectivity index (χ0n) is 11.8. The molecular formula is C14H23N3OS. The Morgan fingerprint density at radius 2 is 2.11 bits per heavy atom. The van der Waals surface area contributed by atoms with Crippen molar-refractivity contribution in [2.75, 3.05) is 13.1 Å². The van der Waals surface area contributed by atoms with Crippen LogP contribution in [0.3, 0.4) is 0 Å². The van der Waals surface area contributed by atoms with Crippen molar-refractivity contribution in [1.29, 1.82) is 0 Å². The van der Waals surface area contributed by atoms with Gasteiger partial charge in [-0.1, -0.05) is 0 Å². The molecule has 0 radical (unpaired) electrons. The summed E-state index contributed by atoms with van der Waals surface area (Å²) in [6, 6.07) is 0.758. The molecule has 2 heterocycles. The summed E-state index contributed by atoms with van der Waals surface area (Å²) in [4.78, 5) is 7.18. The van der Waals surface area contributed by atoms with Gasteiger partial charge < -0.3 is 10.1 Å². The molecule has 106 valence electrons. The SMILES string of the molecule is C[C@@H]1CN(Cc2csc(CNC3CC3)n2)C[C@H](C)O1. The molecule has 0 aromatic carbocycles. The van der Waals surface area contributed by atoms with Gasteiger partial charge in [0.15, 0.2) is 0 Å². The van der Waals surface area contributed by atoms with Crippen LogP contribution in [0.1, 0.15) is 37.4 Å². The van der Waals surface area contributed by atoms with Crippen LogP contribution in [-0.4, -0.2) is 41.2 Å². The van der Waals surface area contributed by atoms with Gasteiger partial charge in [0, 0.05) is 37.6 Å². The quantitative estimate of drug-likeness (QED) is 0.896. The topological polar surface area (TPSA) is 37.4 Å². The van der Waals surface area contributed by atoms with Crippen molar-refractivity contribution in [3.05, 3.63) is 16.1 Å². The van der Waals surface area contributed by atoms with Gasteiger partial charge in [0.1, 0.15) is 5.01 Å². The molecule has 1 saturated carbocycles. The number of thiazole rings is 1. The molecule has 1 aromatic heterocycles. The van der Waals surface area contributed by atoms with Gasteiger partial charge in [-0.25, -0.2) is 4.98 Å². The van der Waals surface area contributed by atoms with E-state index in [9.17, 15) is 0 Å². The van der Waals surface area contributed by atoms with Crippen LogP contribution >= 0.6 is 11.3 Å². The molecule has 2 atom stereocenters. The lowest BCUT2D eigenvalue weighted by atomic mass is 10.2. The van der Waals surface area contributed by atoms with Crippen molar-refractivity contribution in [1.82, 2.24) is 15.2 Å². The summed E-state index contributed by atoms with van der Waals surface area (Å²) in [5.74, 6) is 0. The summed E-state index contributed by atoms with van der Waals surface area (Å²) in [5, 5.41) is 6.94. The molecular weight excluding hydrogens is 258 g/mol. The number of hydrogen-bond acceptors (Lipinski definition) is 5. The number of aromatic nitrogens is 1. The van der Waals surface area contributed by atoms with Crippen LogP contribution in [0.15, 0.2) is 5.38 Å². The summed E-state index contributed by atoms with van der Waals surface area (Å²) in [7, 11) is 0. The van der Waals surface area contributed by atoms with E-state index in [0.717, 1.165) is 32.2 Å². The summed E-state index contributed by atoms with van der Waals surface area (Å²) >= 11 is 1.78. The largest absolute Gasteiger partial charge is 0.373 e. The smallest absolute Gasteiger partial charge is 0.107 e. The molecule has 0 unspecified atom stereocenters. The highest BCUT2D eigenvalue weighted by molar-refractivity contribution is 7.09. The van der Waals surface area contributed by atoms with Crippen LogP contribution in [0.2, 0.25) is 0 Å². The summed E-state index contributed by atoms with van der Waals surface area (Å²) in [5.41, 5.74) is 1.21. The first-order chi connectivity index (χ1) is 9.19. The molecule has 5 heteroatoms. The molecule has 0 bridgehead atoms. The Balaban J connectivity index is 1.51. The lowest BCUT2D eigenvalue weighted by Gasteiger charge is -2.34. The molecule has 1 saturated heterocycles. The zero-order valence-corrected chi connectivity index (χ0v) is 12.6. The Labute approximate surface area is 119 Å². The van der Waals surface area contributed by atoms with Crippen LogP contribution in [0.5, 0.6) is 0 Å². The van der Waals surface area contributed by atoms with E-state index in [-0.39, 0.29) is 0 Å². The molecule has 1 aliphatic heterocycles. The van der Waals surface area contributed by atoms with Gasteiger partial charge in [0.2, 0.25) is 0 Å². The maximum Gasteiger partial charge on any atom is 0.107 e. The molecule has 1 N–H and O–H groups in total. The first-order valence-corrected chi connectivity index (χ1v) is 8.11. The van der Waals surface area contributed by atoms with Crippen molar-refractivity contribution in [2.24, 2.45) is 0 Å². The van der Waals surface area contributed by atoms with E-state index in [4.69, 9.17) is 9.72 Å². The normalized spacial score (nSPS) is 28.7. The highest BCUT2D eigenvalue weighted by Crippen LogP contribution is 2.20. The fourth-order valence-corrected chi connectivity index (χ4v) is 3.40.